The molecule has 35 heavy (non-hydrogen) atoms. The Balaban J connectivity index is 1.58. The fourth-order valence-electron chi connectivity index (χ4n) is 4.20. The second-order valence-electron chi connectivity index (χ2n) is 8.84. The number of nitrogens with zero attached hydrogens (tertiary/aromatic N) is 3. The van der Waals surface area contributed by atoms with E-state index in [-0.39, 0.29) is 22.5 Å². The summed E-state index contributed by atoms with van der Waals surface area (Å²) in [6.07, 6.45) is -3.02. The molecule has 1 fully saturated rings. The topological polar surface area (TPSA) is 83.1 Å². The summed E-state index contributed by atoms with van der Waals surface area (Å²) in [6.45, 7) is 5.48. The average molecular weight is 502 g/mol. The number of fused-ring (bicyclic) bond motifs is 1. The lowest BCUT2D eigenvalue weighted by molar-refractivity contribution is -0.137. The Hall–Kier alpha value is -3.44. The first-order valence-corrected chi connectivity index (χ1v) is 11.8. The summed E-state index contributed by atoms with van der Waals surface area (Å²) in [5.41, 5.74) is 0.315. The number of H-pyrrole nitrogens is 1. The van der Waals surface area contributed by atoms with Crippen molar-refractivity contribution in [2.24, 2.45) is 0 Å². The van der Waals surface area contributed by atoms with E-state index < -0.39 is 23.2 Å². The highest BCUT2D eigenvalue weighted by atomic mass is 32.1. The van der Waals surface area contributed by atoms with Crippen molar-refractivity contribution in [2.45, 2.75) is 25.6 Å². The lowest BCUT2D eigenvalue weighted by Gasteiger charge is -2.39. The molecular formula is C24H22F3N5O2S. The van der Waals surface area contributed by atoms with Gasteiger partial charge in [0, 0.05) is 35.9 Å². The van der Waals surface area contributed by atoms with Crippen molar-refractivity contribution in [3.63, 3.8) is 0 Å². The van der Waals surface area contributed by atoms with E-state index in [1.54, 1.807) is 29.8 Å². The van der Waals surface area contributed by atoms with E-state index >= 15 is 0 Å². The molecule has 11 heteroatoms. The van der Waals surface area contributed by atoms with Gasteiger partial charge >= 0.3 is 6.18 Å². The summed E-state index contributed by atoms with van der Waals surface area (Å²) < 4.78 is 47.6. The third kappa shape index (κ3) is 4.73. The van der Waals surface area contributed by atoms with E-state index in [4.69, 9.17) is 4.74 Å². The van der Waals surface area contributed by atoms with Gasteiger partial charge in [-0.25, -0.2) is 9.97 Å². The second kappa shape index (κ2) is 8.65. The van der Waals surface area contributed by atoms with Crippen LogP contribution in [0, 0.1) is 0 Å². The highest BCUT2D eigenvalue weighted by molar-refractivity contribution is 7.13. The molecule has 0 bridgehead atoms. The van der Waals surface area contributed by atoms with E-state index in [0.717, 1.165) is 6.07 Å². The number of carbonyl (C=O) groups excluding carboxylic acids is 1. The van der Waals surface area contributed by atoms with Crippen molar-refractivity contribution in [1.82, 2.24) is 15.0 Å². The van der Waals surface area contributed by atoms with Crippen LogP contribution in [0.25, 0.3) is 22.4 Å². The van der Waals surface area contributed by atoms with Crippen molar-refractivity contribution in [1.29, 1.82) is 0 Å². The van der Waals surface area contributed by atoms with Gasteiger partial charge in [0.05, 0.1) is 28.9 Å². The molecule has 2 N–H and O–H groups in total. The Morgan fingerprint density at radius 3 is 2.80 bits per heavy atom. The number of para-hydroxylation sites is 1. The number of hydrogen-bond acceptors (Lipinski definition) is 6. The van der Waals surface area contributed by atoms with Gasteiger partial charge in [-0.15, -0.1) is 11.3 Å². The largest absolute Gasteiger partial charge is 0.417 e. The van der Waals surface area contributed by atoms with Gasteiger partial charge in [0.1, 0.15) is 11.3 Å². The van der Waals surface area contributed by atoms with Crippen molar-refractivity contribution < 1.29 is 22.7 Å². The zero-order chi connectivity index (χ0) is 24.8. The number of benzene rings is 2. The van der Waals surface area contributed by atoms with E-state index in [1.165, 1.54) is 23.5 Å². The Bertz CT molecular complexity index is 1380. The van der Waals surface area contributed by atoms with Crippen LogP contribution in [0.15, 0.2) is 48.0 Å². The minimum Gasteiger partial charge on any atom is -0.372 e. The smallest absolute Gasteiger partial charge is 0.372 e. The SMILES string of the molecule is CC1(C)CN(c2ccc(C(F)(F)F)c(-c3nc4c(C(=O)Nc5nccs5)cccc4[nH]3)c2)CCO1. The molecule has 1 aliphatic heterocycles. The maximum Gasteiger partial charge on any atom is 0.417 e. The fourth-order valence-corrected chi connectivity index (χ4v) is 4.73. The molecule has 0 unspecified atom stereocenters. The van der Waals surface area contributed by atoms with Gasteiger partial charge in [0.25, 0.3) is 5.91 Å². The van der Waals surface area contributed by atoms with Gasteiger partial charge in [0.15, 0.2) is 5.13 Å². The number of aromatic nitrogens is 3. The maximum absolute atomic E-state index is 14.0. The molecule has 0 spiro atoms. The van der Waals surface area contributed by atoms with Crippen molar-refractivity contribution in [3.8, 4) is 11.4 Å². The van der Waals surface area contributed by atoms with Gasteiger partial charge in [-0.3, -0.25) is 10.1 Å². The molecule has 1 amide bonds. The third-order valence-electron chi connectivity index (χ3n) is 5.76. The van der Waals surface area contributed by atoms with Crippen molar-refractivity contribution in [3.05, 3.63) is 59.1 Å². The van der Waals surface area contributed by atoms with Crippen molar-refractivity contribution in [2.75, 3.05) is 29.9 Å². The van der Waals surface area contributed by atoms with Crippen LogP contribution < -0.4 is 10.2 Å². The number of hydrogen-bond donors (Lipinski definition) is 2. The van der Waals surface area contributed by atoms with Crippen LogP contribution in [-0.2, 0) is 10.9 Å². The summed E-state index contributed by atoms with van der Waals surface area (Å²) in [5.74, 6) is -0.403. The maximum atomic E-state index is 14.0. The van der Waals surface area contributed by atoms with Crippen LogP contribution in [-0.4, -0.2) is 46.2 Å². The Morgan fingerprint density at radius 2 is 2.09 bits per heavy atom. The molecule has 182 valence electrons. The molecule has 0 saturated carbocycles. The molecule has 7 nitrogen and oxygen atoms in total. The standard InChI is InChI=1S/C24H22F3N5O2S/c1-23(2)13-32(9-10-34-23)14-6-7-17(24(25,26)27)16(12-14)20-29-18-5-3-4-15(19(18)30-20)21(33)31-22-28-8-11-35-22/h3-8,11-12H,9-10,13H2,1-2H3,(H,29,30)(H,28,31,33). The van der Waals surface area contributed by atoms with Crippen molar-refractivity contribution >= 4 is 39.1 Å². The minimum absolute atomic E-state index is 0.0381. The van der Waals surface area contributed by atoms with E-state index in [0.29, 0.717) is 36.0 Å². The number of alkyl halides is 3. The van der Waals surface area contributed by atoms with Crippen LogP contribution in [0.5, 0.6) is 0 Å². The molecule has 0 aliphatic carbocycles. The van der Waals surface area contributed by atoms with Crippen LogP contribution in [0.2, 0.25) is 0 Å². The van der Waals surface area contributed by atoms with Crippen LogP contribution >= 0.6 is 11.3 Å². The Kier molecular flexibility index (Phi) is 5.76. The van der Waals surface area contributed by atoms with Gasteiger partial charge in [-0.2, -0.15) is 13.2 Å². The summed E-state index contributed by atoms with van der Waals surface area (Å²) in [7, 11) is 0. The molecule has 4 aromatic rings. The third-order valence-corrected chi connectivity index (χ3v) is 6.45. The Labute approximate surface area is 203 Å². The molecular weight excluding hydrogens is 479 g/mol. The lowest BCUT2D eigenvalue weighted by atomic mass is 10.0. The van der Waals surface area contributed by atoms with Gasteiger partial charge in [-0.05, 0) is 44.2 Å². The summed E-state index contributed by atoms with van der Waals surface area (Å²) in [4.78, 5) is 26.3. The summed E-state index contributed by atoms with van der Waals surface area (Å²) in [6, 6.07) is 8.95. The van der Waals surface area contributed by atoms with Crippen LogP contribution in [0.1, 0.15) is 29.8 Å². The minimum atomic E-state index is -4.58. The highest BCUT2D eigenvalue weighted by Crippen LogP contribution is 2.39. The molecule has 5 rings (SSSR count). The van der Waals surface area contributed by atoms with Crippen LogP contribution in [0.4, 0.5) is 24.0 Å². The average Bonchev–Trinajstić information content (AvgIpc) is 3.47. The molecule has 2 aromatic carbocycles. The molecule has 3 heterocycles. The first kappa shape index (κ1) is 23.3. The number of morpholine rings is 1. The molecule has 1 saturated heterocycles. The zero-order valence-electron chi connectivity index (χ0n) is 18.9. The zero-order valence-corrected chi connectivity index (χ0v) is 19.8. The van der Waals surface area contributed by atoms with Gasteiger partial charge in [0.2, 0.25) is 0 Å². The number of rotatable bonds is 4. The number of ether oxygens (including phenoxy) is 1. The monoisotopic (exact) mass is 501 g/mol. The number of halogens is 3. The predicted molar refractivity (Wildman–Crippen MR) is 129 cm³/mol. The normalized spacial score (nSPS) is 16.0. The number of carbonyl (C=O) groups is 1. The highest BCUT2D eigenvalue weighted by Gasteiger charge is 2.36. The Morgan fingerprint density at radius 1 is 1.26 bits per heavy atom. The number of aromatic amines is 1. The lowest BCUT2D eigenvalue weighted by Crippen LogP contribution is -2.48. The summed E-state index contributed by atoms with van der Waals surface area (Å²) in [5, 5.41) is 4.84. The first-order valence-electron chi connectivity index (χ1n) is 10.9. The van der Waals surface area contributed by atoms with E-state index in [2.05, 4.69) is 20.3 Å². The van der Waals surface area contributed by atoms with E-state index in [9.17, 15) is 18.0 Å². The van der Waals surface area contributed by atoms with E-state index in [1.807, 2.05) is 18.7 Å². The summed E-state index contributed by atoms with van der Waals surface area (Å²) >= 11 is 1.26. The predicted octanol–water partition coefficient (Wildman–Crippen LogP) is 5.57. The number of imidazole rings is 1. The number of nitrogens with one attached hydrogen (secondary N) is 2. The molecule has 0 atom stereocenters. The van der Waals surface area contributed by atoms with Gasteiger partial charge < -0.3 is 14.6 Å². The second-order valence-corrected chi connectivity index (χ2v) is 9.73. The van der Waals surface area contributed by atoms with Crippen LogP contribution in [0.3, 0.4) is 0 Å². The number of thiazole rings is 1. The number of amides is 1. The van der Waals surface area contributed by atoms with Gasteiger partial charge in [-0.1, -0.05) is 6.07 Å². The molecule has 0 radical (unpaired) electrons. The quantitative estimate of drug-likeness (QED) is 0.382. The number of anilines is 2. The fraction of sp³-hybridized carbons (Fsp3) is 0.292. The first-order chi connectivity index (χ1) is 16.6. The molecule has 2 aromatic heterocycles. The molecule has 1 aliphatic rings.